The van der Waals surface area contributed by atoms with E-state index in [1.165, 1.54) is 6.07 Å². The van der Waals surface area contributed by atoms with Crippen molar-refractivity contribution in [3.05, 3.63) is 106 Å². The Bertz CT molecular complexity index is 1100. The number of halogens is 1. The van der Waals surface area contributed by atoms with Crippen LogP contribution in [0.4, 0.5) is 10.1 Å². The number of rotatable bonds is 6. The molecule has 3 nitrogen and oxygen atoms in total. The third kappa shape index (κ3) is 4.97. The first-order valence-electron chi connectivity index (χ1n) is 9.44. The fraction of sp³-hybridized carbons (Fsp3) is 0.120. The molecule has 0 radical (unpaired) electrons. The van der Waals surface area contributed by atoms with Crippen LogP contribution in [-0.2, 0) is 17.6 Å². The average molecular weight is 384 g/mol. The van der Waals surface area contributed by atoms with Crippen molar-refractivity contribution in [2.24, 2.45) is 0 Å². The van der Waals surface area contributed by atoms with Crippen LogP contribution in [0.15, 0.2) is 78.4 Å². The zero-order chi connectivity index (χ0) is 20.6. The summed E-state index contributed by atoms with van der Waals surface area (Å²) in [5, 5.41) is 12.4. The topological polar surface area (TPSA) is 52.9 Å². The molecule has 1 N–H and O–H groups in total. The smallest absolute Gasteiger partial charge is 0.266 e. The van der Waals surface area contributed by atoms with Crippen molar-refractivity contribution in [3.63, 3.8) is 0 Å². The Morgan fingerprint density at radius 2 is 1.59 bits per heavy atom. The van der Waals surface area contributed by atoms with Gasteiger partial charge < -0.3 is 5.32 Å². The van der Waals surface area contributed by atoms with Gasteiger partial charge in [0.2, 0.25) is 0 Å². The molecule has 0 saturated heterocycles. The molecular formula is C25H21FN2O. The lowest BCUT2D eigenvalue weighted by molar-refractivity contribution is -0.112. The van der Waals surface area contributed by atoms with Crippen molar-refractivity contribution in [2.45, 2.75) is 19.8 Å². The second-order valence-corrected chi connectivity index (χ2v) is 6.60. The number of para-hydroxylation sites is 1. The quantitative estimate of drug-likeness (QED) is 0.449. The molecular weight excluding hydrogens is 363 g/mol. The summed E-state index contributed by atoms with van der Waals surface area (Å²) in [6.45, 7) is 2.00. The van der Waals surface area contributed by atoms with Gasteiger partial charge in [0.05, 0.1) is 0 Å². The first-order chi connectivity index (χ1) is 14.1. The second kappa shape index (κ2) is 9.48. The summed E-state index contributed by atoms with van der Waals surface area (Å²) in [4.78, 5) is 12.7. The maximum atomic E-state index is 14.0. The van der Waals surface area contributed by atoms with Crippen LogP contribution in [0.3, 0.4) is 0 Å². The van der Waals surface area contributed by atoms with Crippen LogP contribution in [0.2, 0.25) is 0 Å². The van der Waals surface area contributed by atoms with Crippen LogP contribution in [0.25, 0.3) is 6.08 Å². The summed E-state index contributed by atoms with van der Waals surface area (Å²) in [6.07, 6.45) is 2.70. The lowest BCUT2D eigenvalue weighted by Crippen LogP contribution is -2.14. The Labute approximate surface area is 170 Å². The molecule has 3 aromatic carbocycles. The Hall–Kier alpha value is -3.71. The first-order valence-corrected chi connectivity index (χ1v) is 9.44. The molecule has 0 aliphatic carbocycles. The number of hydrogen-bond acceptors (Lipinski definition) is 2. The second-order valence-electron chi connectivity index (χ2n) is 6.60. The van der Waals surface area contributed by atoms with Crippen LogP contribution in [0, 0.1) is 17.1 Å². The van der Waals surface area contributed by atoms with Gasteiger partial charge in [-0.05, 0) is 46.9 Å². The monoisotopic (exact) mass is 384 g/mol. The molecule has 0 bridgehead atoms. The van der Waals surface area contributed by atoms with Gasteiger partial charge in [0.15, 0.2) is 0 Å². The number of carbonyl (C=O) groups is 1. The molecule has 0 fully saturated rings. The summed E-state index contributed by atoms with van der Waals surface area (Å²) in [7, 11) is 0. The van der Waals surface area contributed by atoms with Gasteiger partial charge in [-0.3, -0.25) is 4.79 Å². The molecule has 0 aliphatic heterocycles. The first kappa shape index (κ1) is 20.0. The van der Waals surface area contributed by atoms with Gasteiger partial charge in [-0.1, -0.05) is 67.6 Å². The zero-order valence-electron chi connectivity index (χ0n) is 16.2. The van der Waals surface area contributed by atoms with E-state index in [0.717, 1.165) is 17.5 Å². The third-order valence-corrected chi connectivity index (χ3v) is 4.71. The molecule has 0 atom stereocenters. The number of hydrogen-bond donors (Lipinski definition) is 1. The van der Waals surface area contributed by atoms with Crippen molar-refractivity contribution in [2.75, 3.05) is 5.32 Å². The van der Waals surface area contributed by atoms with Crippen molar-refractivity contribution in [1.82, 2.24) is 0 Å². The van der Waals surface area contributed by atoms with E-state index in [1.807, 2.05) is 61.5 Å². The van der Waals surface area contributed by atoms with Crippen LogP contribution < -0.4 is 5.32 Å². The number of anilines is 1. The fourth-order valence-corrected chi connectivity index (χ4v) is 3.13. The van der Waals surface area contributed by atoms with E-state index in [2.05, 4.69) is 5.32 Å². The van der Waals surface area contributed by atoms with E-state index < -0.39 is 5.91 Å². The molecule has 0 aromatic heterocycles. The Morgan fingerprint density at radius 1 is 0.966 bits per heavy atom. The Kier molecular flexibility index (Phi) is 6.55. The standard InChI is InChI=1S/C25H21FN2O/c1-2-18-9-6-8-14-24(18)28-25(29)22(17-27)16-20-11-4-3-10-19(20)15-21-12-5-7-13-23(21)26/h3-14,16H,2,15H2,1H3,(H,28,29)/b22-16+. The SMILES string of the molecule is CCc1ccccc1NC(=O)/C(C#N)=C/c1ccccc1Cc1ccccc1F. The van der Waals surface area contributed by atoms with E-state index in [4.69, 9.17) is 0 Å². The van der Waals surface area contributed by atoms with E-state index in [9.17, 15) is 14.4 Å². The Morgan fingerprint density at radius 3 is 2.28 bits per heavy atom. The highest BCUT2D eigenvalue weighted by molar-refractivity contribution is 6.10. The number of benzene rings is 3. The van der Waals surface area contributed by atoms with E-state index in [-0.39, 0.29) is 11.4 Å². The number of nitriles is 1. The molecule has 144 valence electrons. The van der Waals surface area contributed by atoms with E-state index in [1.54, 1.807) is 24.3 Å². The summed E-state index contributed by atoms with van der Waals surface area (Å²) >= 11 is 0. The van der Waals surface area contributed by atoms with Gasteiger partial charge in [-0.15, -0.1) is 0 Å². The largest absolute Gasteiger partial charge is 0.321 e. The summed E-state index contributed by atoms with van der Waals surface area (Å²) in [5.41, 5.74) is 3.81. The van der Waals surface area contributed by atoms with Crippen LogP contribution in [0.1, 0.15) is 29.2 Å². The van der Waals surface area contributed by atoms with Crippen LogP contribution in [0.5, 0.6) is 0 Å². The minimum absolute atomic E-state index is 0.00288. The van der Waals surface area contributed by atoms with E-state index >= 15 is 0 Å². The normalized spacial score (nSPS) is 11.0. The molecule has 3 aromatic rings. The van der Waals surface area contributed by atoms with Gasteiger partial charge in [-0.2, -0.15) is 5.26 Å². The number of amides is 1. The maximum absolute atomic E-state index is 14.0. The highest BCUT2D eigenvalue weighted by atomic mass is 19.1. The number of aryl methyl sites for hydroxylation is 1. The number of nitrogens with one attached hydrogen (secondary N) is 1. The highest BCUT2D eigenvalue weighted by Crippen LogP contribution is 2.21. The average Bonchev–Trinajstić information content (AvgIpc) is 2.75. The van der Waals surface area contributed by atoms with Gasteiger partial charge in [-0.25, -0.2) is 4.39 Å². The lowest BCUT2D eigenvalue weighted by atomic mass is 9.98. The van der Waals surface area contributed by atoms with Crippen LogP contribution >= 0.6 is 0 Å². The Balaban J connectivity index is 1.89. The fourth-order valence-electron chi connectivity index (χ4n) is 3.13. The predicted molar refractivity (Wildman–Crippen MR) is 114 cm³/mol. The molecule has 0 saturated carbocycles. The molecule has 3 rings (SSSR count). The van der Waals surface area contributed by atoms with Gasteiger partial charge in [0, 0.05) is 12.1 Å². The molecule has 0 spiro atoms. The lowest BCUT2D eigenvalue weighted by Gasteiger charge is -2.10. The van der Waals surface area contributed by atoms with Crippen LogP contribution in [-0.4, -0.2) is 5.91 Å². The van der Waals surface area contributed by atoms with E-state index in [0.29, 0.717) is 23.2 Å². The minimum Gasteiger partial charge on any atom is -0.321 e. The summed E-state index contributed by atoms with van der Waals surface area (Å²) < 4.78 is 14.0. The van der Waals surface area contributed by atoms with Crippen molar-refractivity contribution < 1.29 is 9.18 Å². The van der Waals surface area contributed by atoms with Crippen molar-refractivity contribution >= 4 is 17.7 Å². The number of nitrogens with zero attached hydrogens (tertiary/aromatic N) is 1. The molecule has 29 heavy (non-hydrogen) atoms. The predicted octanol–water partition coefficient (Wildman–Crippen LogP) is 5.52. The van der Waals surface area contributed by atoms with Gasteiger partial charge in [0.25, 0.3) is 5.91 Å². The molecule has 4 heteroatoms. The maximum Gasteiger partial charge on any atom is 0.266 e. The van der Waals surface area contributed by atoms with Gasteiger partial charge >= 0.3 is 0 Å². The highest BCUT2D eigenvalue weighted by Gasteiger charge is 2.13. The summed E-state index contributed by atoms with van der Waals surface area (Å²) in [6, 6.07) is 23.5. The molecule has 1 amide bonds. The molecule has 0 unspecified atom stereocenters. The van der Waals surface area contributed by atoms with Gasteiger partial charge in [0.1, 0.15) is 17.5 Å². The minimum atomic E-state index is -0.464. The molecule has 0 heterocycles. The summed E-state index contributed by atoms with van der Waals surface area (Å²) in [5.74, 6) is -0.741. The van der Waals surface area contributed by atoms with Crippen molar-refractivity contribution in [3.8, 4) is 6.07 Å². The van der Waals surface area contributed by atoms with Crippen molar-refractivity contribution in [1.29, 1.82) is 5.26 Å². The zero-order valence-corrected chi connectivity index (χ0v) is 16.2. The molecule has 0 aliphatic rings. The number of carbonyl (C=O) groups excluding carboxylic acids is 1. The third-order valence-electron chi connectivity index (χ3n) is 4.71.